The summed E-state index contributed by atoms with van der Waals surface area (Å²) in [6.07, 6.45) is 0.698. The lowest BCUT2D eigenvalue weighted by atomic mass is 9.37. The summed E-state index contributed by atoms with van der Waals surface area (Å²) in [5.41, 5.74) is -5.63. The van der Waals surface area contributed by atoms with Crippen LogP contribution in [0.5, 0.6) is 0 Å². The number of fused-ring (bicyclic) bond motifs is 3. The van der Waals surface area contributed by atoms with Crippen LogP contribution in [0.2, 0.25) is 0 Å². The number of carboxylic acids is 1. The van der Waals surface area contributed by atoms with E-state index < -0.39 is 45.3 Å². The first-order valence-corrected chi connectivity index (χ1v) is 9.58. The number of hydrogen-bond donors (Lipinski definition) is 3. The summed E-state index contributed by atoms with van der Waals surface area (Å²) < 4.78 is 0. The number of ketones is 2. The van der Waals surface area contributed by atoms with Gasteiger partial charge >= 0.3 is 5.97 Å². The van der Waals surface area contributed by atoms with E-state index in [4.69, 9.17) is 0 Å². The van der Waals surface area contributed by atoms with Crippen molar-refractivity contribution < 1.29 is 29.7 Å². The van der Waals surface area contributed by atoms with E-state index in [0.717, 1.165) is 0 Å². The molecule has 26 heavy (non-hydrogen) atoms. The first kappa shape index (κ1) is 18.1. The van der Waals surface area contributed by atoms with Crippen molar-refractivity contribution in [1.29, 1.82) is 0 Å². The van der Waals surface area contributed by atoms with Crippen LogP contribution in [0.3, 0.4) is 0 Å². The molecule has 1 spiro atoms. The molecule has 0 aromatic rings. The minimum Gasteiger partial charge on any atom is -0.481 e. The van der Waals surface area contributed by atoms with Crippen LogP contribution in [-0.4, -0.2) is 44.6 Å². The zero-order chi connectivity index (χ0) is 19.3. The summed E-state index contributed by atoms with van der Waals surface area (Å²) in [7, 11) is 0. The largest absolute Gasteiger partial charge is 0.481 e. The molecular weight excluding hydrogens is 336 g/mol. The van der Waals surface area contributed by atoms with Crippen molar-refractivity contribution in [2.75, 3.05) is 0 Å². The summed E-state index contributed by atoms with van der Waals surface area (Å²) in [4.78, 5) is 38.1. The van der Waals surface area contributed by atoms with E-state index in [9.17, 15) is 29.7 Å². The quantitative estimate of drug-likeness (QED) is 0.653. The van der Waals surface area contributed by atoms with Gasteiger partial charge in [0.05, 0.1) is 22.5 Å². The maximum atomic E-state index is 13.3. The predicted octanol–water partition coefficient (Wildman–Crippen LogP) is 1.71. The summed E-state index contributed by atoms with van der Waals surface area (Å²) in [5.74, 6) is -1.83. The Balaban J connectivity index is 1.93. The smallest absolute Gasteiger partial charge is 0.309 e. The average molecular weight is 364 g/mol. The highest BCUT2D eigenvalue weighted by molar-refractivity contribution is 6.00. The van der Waals surface area contributed by atoms with Crippen molar-refractivity contribution in [2.45, 2.75) is 77.4 Å². The summed E-state index contributed by atoms with van der Waals surface area (Å²) in [6, 6.07) is 0. The van der Waals surface area contributed by atoms with E-state index in [1.54, 1.807) is 13.8 Å². The van der Waals surface area contributed by atoms with Crippen molar-refractivity contribution in [1.82, 2.24) is 0 Å². The number of carbonyl (C=O) groups excluding carboxylic acids is 2. The second-order valence-corrected chi connectivity index (χ2v) is 10.0. The average Bonchev–Trinajstić information content (AvgIpc) is 2.80. The lowest BCUT2D eigenvalue weighted by Gasteiger charge is -2.68. The molecule has 0 saturated heterocycles. The molecule has 3 N–H and O–H groups in total. The fourth-order valence-electron chi connectivity index (χ4n) is 7.19. The normalized spacial score (nSPS) is 56.0. The Bertz CT molecular complexity index is 732. The van der Waals surface area contributed by atoms with E-state index in [1.165, 1.54) is 0 Å². The Morgan fingerprint density at radius 1 is 1.08 bits per heavy atom. The fourth-order valence-corrected chi connectivity index (χ4v) is 7.19. The lowest BCUT2D eigenvalue weighted by molar-refractivity contribution is -0.279. The van der Waals surface area contributed by atoms with Gasteiger partial charge in [-0.1, -0.05) is 13.8 Å². The first-order valence-electron chi connectivity index (χ1n) is 9.58. The van der Waals surface area contributed by atoms with Gasteiger partial charge in [-0.15, -0.1) is 0 Å². The van der Waals surface area contributed by atoms with Crippen molar-refractivity contribution in [3.05, 3.63) is 0 Å². The molecule has 6 heteroatoms. The highest BCUT2D eigenvalue weighted by atomic mass is 16.4. The second-order valence-electron chi connectivity index (χ2n) is 10.0. The Kier molecular flexibility index (Phi) is 3.32. The summed E-state index contributed by atoms with van der Waals surface area (Å²) in [5, 5.41) is 32.8. The van der Waals surface area contributed by atoms with Gasteiger partial charge in [0.15, 0.2) is 0 Å². The van der Waals surface area contributed by atoms with Gasteiger partial charge in [0.1, 0.15) is 11.6 Å². The number of hydrogen-bond acceptors (Lipinski definition) is 5. The molecule has 4 rings (SSSR count). The van der Waals surface area contributed by atoms with Crippen LogP contribution < -0.4 is 0 Å². The maximum Gasteiger partial charge on any atom is 0.309 e. The standard InChI is InChI=1S/C20H28O6/c1-16-6-7-20(26)18(3)11(17(2,15(24)25)5-4-12(18)21)8-13(22)19(20,10-16)9-14(16)23/h11-12,21,26H,4-10H2,1-3H3,(H,24,25)/t11-,12+,16+,17-,18+,19+,20-/m1/s1. The Morgan fingerprint density at radius 3 is 2.35 bits per heavy atom. The molecule has 4 aliphatic carbocycles. The minimum absolute atomic E-state index is 0.00201. The minimum atomic E-state index is -1.55. The molecule has 0 radical (unpaired) electrons. The number of carbonyl (C=O) groups is 3. The number of Topliss-reactive ketones (excluding diaryl/α,β-unsaturated/α-hetero) is 2. The third-order valence-corrected chi connectivity index (χ3v) is 9.08. The first-order chi connectivity index (χ1) is 11.9. The van der Waals surface area contributed by atoms with Gasteiger partial charge < -0.3 is 15.3 Å². The molecule has 0 aliphatic heterocycles. The molecule has 4 fully saturated rings. The zero-order valence-electron chi connectivity index (χ0n) is 15.7. The molecular formula is C20H28O6. The SMILES string of the molecule is C[C@@]12CC[C@]3(O)[C@@](CC1=O)(C2)C(=O)C[C@H]1[C@@]3(C)[C@@H](O)CC[C@@]1(C)C(=O)O. The molecule has 144 valence electrons. The van der Waals surface area contributed by atoms with Gasteiger partial charge in [0, 0.05) is 23.7 Å². The van der Waals surface area contributed by atoms with Crippen LogP contribution in [0.25, 0.3) is 0 Å². The van der Waals surface area contributed by atoms with Crippen molar-refractivity contribution in [3.63, 3.8) is 0 Å². The fraction of sp³-hybridized carbons (Fsp3) is 0.850. The predicted molar refractivity (Wildman–Crippen MR) is 91.2 cm³/mol. The van der Waals surface area contributed by atoms with E-state index in [0.29, 0.717) is 12.8 Å². The highest BCUT2D eigenvalue weighted by Crippen LogP contribution is 2.73. The van der Waals surface area contributed by atoms with Crippen LogP contribution in [0.1, 0.15) is 65.7 Å². The van der Waals surface area contributed by atoms with Crippen LogP contribution in [0.4, 0.5) is 0 Å². The van der Waals surface area contributed by atoms with E-state index in [-0.39, 0.29) is 43.7 Å². The number of aliphatic carboxylic acids is 1. The number of aliphatic hydroxyl groups excluding tert-OH is 1. The van der Waals surface area contributed by atoms with Crippen LogP contribution in [0, 0.1) is 27.6 Å². The molecule has 0 unspecified atom stereocenters. The molecule has 4 aliphatic rings. The summed E-state index contributed by atoms with van der Waals surface area (Å²) in [6.45, 7) is 5.25. The van der Waals surface area contributed by atoms with Gasteiger partial charge in [-0.25, -0.2) is 0 Å². The van der Waals surface area contributed by atoms with Crippen LogP contribution in [-0.2, 0) is 14.4 Å². The van der Waals surface area contributed by atoms with Gasteiger partial charge in [-0.3, -0.25) is 14.4 Å². The maximum absolute atomic E-state index is 13.3. The van der Waals surface area contributed by atoms with Crippen LogP contribution in [0.15, 0.2) is 0 Å². The Hall–Kier alpha value is -1.27. The van der Waals surface area contributed by atoms with Gasteiger partial charge in [-0.2, -0.15) is 0 Å². The van der Waals surface area contributed by atoms with Gasteiger partial charge in [0.25, 0.3) is 0 Å². The number of rotatable bonds is 1. The molecule has 6 nitrogen and oxygen atoms in total. The molecule has 7 atom stereocenters. The molecule has 0 amide bonds. The van der Waals surface area contributed by atoms with Crippen molar-refractivity contribution in [3.8, 4) is 0 Å². The third kappa shape index (κ3) is 1.65. The van der Waals surface area contributed by atoms with Crippen LogP contribution >= 0.6 is 0 Å². The Labute approximate surface area is 153 Å². The number of carboxylic acid groups (broad SMARTS) is 1. The Morgan fingerprint density at radius 2 is 1.73 bits per heavy atom. The van der Waals surface area contributed by atoms with E-state index in [2.05, 4.69) is 0 Å². The van der Waals surface area contributed by atoms with Gasteiger partial charge in [0.2, 0.25) is 0 Å². The highest BCUT2D eigenvalue weighted by Gasteiger charge is 2.79. The molecule has 0 aromatic carbocycles. The number of aliphatic hydroxyl groups is 2. The van der Waals surface area contributed by atoms with E-state index in [1.807, 2.05) is 6.92 Å². The lowest BCUT2D eigenvalue weighted by Crippen LogP contribution is -2.75. The monoisotopic (exact) mass is 364 g/mol. The topological polar surface area (TPSA) is 112 Å². The molecule has 2 bridgehead atoms. The molecule has 0 heterocycles. The summed E-state index contributed by atoms with van der Waals surface area (Å²) >= 11 is 0. The van der Waals surface area contributed by atoms with Gasteiger partial charge in [-0.05, 0) is 44.9 Å². The zero-order valence-corrected chi connectivity index (χ0v) is 15.7. The molecule has 4 saturated carbocycles. The van der Waals surface area contributed by atoms with Crippen molar-refractivity contribution >= 4 is 17.5 Å². The van der Waals surface area contributed by atoms with Crippen molar-refractivity contribution in [2.24, 2.45) is 27.6 Å². The van der Waals surface area contributed by atoms with E-state index >= 15 is 0 Å². The molecule has 0 aromatic heterocycles. The second kappa shape index (κ2) is 4.76. The third-order valence-electron chi connectivity index (χ3n) is 9.08.